The Kier molecular flexibility index (Phi) is 5.71. The van der Waals surface area contributed by atoms with Crippen molar-refractivity contribution < 1.29 is 14.0 Å². The first-order valence-electron chi connectivity index (χ1n) is 8.10. The number of carbonyl (C=O) groups excluding carboxylic acids is 2. The summed E-state index contributed by atoms with van der Waals surface area (Å²) in [4.78, 5) is 24.5. The van der Waals surface area contributed by atoms with Crippen molar-refractivity contribution in [1.29, 1.82) is 0 Å². The average molecular weight is 358 g/mol. The van der Waals surface area contributed by atoms with Crippen LogP contribution in [0.2, 0.25) is 0 Å². The Balaban J connectivity index is 1.50. The molecule has 2 aromatic rings. The Morgan fingerprint density at radius 2 is 1.84 bits per heavy atom. The number of hydrogen-bond donors (Lipinski definition) is 2. The number of hydrogen-bond acceptors (Lipinski definition) is 3. The second-order valence-corrected chi connectivity index (χ2v) is 7.15. The van der Waals surface area contributed by atoms with Gasteiger partial charge in [0.1, 0.15) is 11.9 Å². The van der Waals surface area contributed by atoms with Crippen LogP contribution in [-0.4, -0.2) is 28.9 Å². The maximum absolute atomic E-state index is 12.9. The van der Waals surface area contributed by atoms with Gasteiger partial charge in [0.15, 0.2) is 0 Å². The molecule has 0 spiro atoms. The molecule has 0 aromatic heterocycles. The van der Waals surface area contributed by atoms with Gasteiger partial charge < -0.3 is 10.6 Å². The number of halogens is 1. The van der Waals surface area contributed by atoms with E-state index < -0.39 is 6.04 Å². The van der Waals surface area contributed by atoms with Gasteiger partial charge >= 0.3 is 0 Å². The molecule has 1 fully saturated rings. The number of nitrogens with one attached hydrogen (secondary N) is 2. The molecule has 0 radical (unpaired) electrons. The van der Waals surface area contributed by atoms with Crippen LogP contribution in [-0.2, 0) is 22.6 Å². The highest BCUT2D eigenvalue weighted by atomic mass is 32.2. The third-order valence-electron chi connectivity index (χ3n) is 4.03. The SMILES string of the molecule is O=C(NCc1ccccc1)C1CSC(Cc2ccc(F)cc2)C(=O)N1. The summed E-state index contributed by atoms with van der Waals surface area (Å²) >= 11 is 1.46. The lowest BCUT2D eigenvalue weighted by Gasteiger charge is -2.28. The zero-order valence-electron chi connectivity index (χ0n) is 13.6. The molecule has 130 valence electrons. The van der Waals surface area contributed by atoms with Crippen molar-refractivity contribution >= 4 is 23.6 Å². The summed E-state index contributed by atoms with van der Waals surface area (Å²) in [7, 11) is 0. The topological polar surface area (TPSA) is 58.2 Å². The predicted octanol–water partition coefficient (Wildman–Crippen LogP) is 2.28. The molecule has 2 N–H and O–H groups in total. The summed E-state index contributed by atoms with van der Waals surface area (Å²) in [5, 5.41) is 5.38. The van der Waals surface area contributed by atoms with E-state index in [2.05, 4.69) is 10.6 Å². The van der Waals surface area contributed by atoms with Crippen molar-refractivity contribution in [3.8, 4) is 0 Å². The molecule has 2 aromatic carbocycles. The maximum atomic E-state index is 12.9. The van der Waals surface area contributed by atoms with Gasteiger partial charge in [-0.1, -0.05) is 42.5 Å². The van der Waals surface area contributed by atoms with Gasteiger partial charge in [-0.15, -0.1) is 11.8 Å². The molecular formula is C19H19FN2O2S. The van der Waals surface area contributed by atoms with Crippen LogP contribution < -0.4 is 10.6 Å². The van der Waals surface area contributed by atoms with E-state index in [1.807, 2.05) is 30.3 Å². The first kappa shape index (κ1) is 17.5. The Morgan fingerprint density at radius 3 is 2.52 bits per heavy atom. The van der Waals surface area contributed by atoms with E-state index in [1.165, 1.54) is 23.9 Å². The van der Waals surface area contributed by atoms with E-state index in [1.54, 1.807) is 12.1 Å². The van der Waals surface area contributed by atoms with Gasteiger partial charge in [-0.3, -0.25) is 9.59 Å². The molecule has 0 bridgehead atoms. The van der Waals surface area contributed by atoms with Crippen molar-refractivity contribution in [1.82, 2.24) is 10.6 Å². The van der Waals surface area contributed by atoms with Crippen molar-refractivity contribution in [3.05, 3.63) is 71.5 Å². The van der Waals surface area contributed by atoms with Crippen molar-refractivity contribution in [2.75, 3.05) is 5.75 Å². The summed E-state index contributed by atoms with van der Waals surface area (Å²) < 4.78 is 12.9. The lowest BCUT2D eigenvalue weighted by atomic mass is 10.1. The van der Waals surface area contributed by atoms with Gasteiger partial charge in [-0.05, 0) is 29.7 Å². The first-order valence-corrected chi connectivity index (χ1v) is 9.15. The molecule has 3 rings (SSSR count). The number of amides is 2. The molecule has 1 aliphatic heterocycles. The van der Waals surface area contributed by atoms with Crippen LogP contribution in [0, 0.1) is 5.82 Å². The Hall–Kier alpha value is -2.34. The zero-order chi connectivity index (χ0) is 17.6. The normalized spacial score (nSPS) is 20.0. The Bertz CT molecular complexity index is 737. The monoisotopic (exact) mass is 358 g/mol. The number of thioether (sulfide) groups is 1. The molecule has 1 aliphatic rings. The molecule has 4 nitrogen and oxygen atoms in total. The molecule has 1 heterocycles. The molecule has 1 saturated heterocycles. The maximum Gasteiger partial charge on any atom is 0.243 e. The predicted molar refractivity (Wildman–Crippen MR) is 96.6 cm³/mol. The summed E-state index contributed by atoms with van der Waals surface area (Å²) in [6.45, 7) is 0.440. The van der Waals surface area contributed by atoms with E-state index in [0.29, 0.717) is 18.7 Å². The van der Waals surface area contributed by atoms with E-state index >= 15 is 0 Å². The van der Waals surface area contributed by atoms with Crippen LogP contribution in [0.4, 0.5) is 4.39 Å². The van der Waals surface area contributed by atoms with E-state index in [-0.39, 0.29) is 22.9 Å². The second kappa shape index (κ2) is 8.16. The van der Waals surface area contributed by atoms with Gasteiger partial charge in [0, 0.05) is 12.3 Å². The molecule has 6 heteroatoms. The minimum atomic E-state index is -0.523. The molecule has 2 atom stereocenters. The average Bonchev–Trinajstić information content (AvgIpc) is 2.64. The van der Waals surface area contributed by atoms with Gasteiger partial charge in [0.05, 0.1) is 5.25 Å². The highest BCUT2D eigenvalue weighted by Crippen LogP contribution is 2.22. The number of rotatable bonds is 5. The van der Waals surface area contributed by atoms with E-state index in [0.717, 1.165) is 11.1 Å². The number of carbonyl (C=O) groups is 2. The Labute approximate surface area is 150 Å². The molecule has 0 aliphatic carbocycles. The minimum absolute atomic E-state index is 0.152. The molecule has 0 saturated carbocycles. The fourth-order valence-electron chi connectivity index (χ4n) is 2.63. The van der Waals surface area contributed by atoms with Crippen molar-refractivity contribution in [2.45, 2.75) is 24.3 Å². The summed E-state index contributed by atoms with van der Waals surface area (Å²) in [6.07, 6.45) is 0.523. The molecule has 2 unspecified atom stereocenters. The summed E-state index contributed by atoms with van der Waals surface area (Å²) in [6, 6.07) is 15.3. The van der Waals surface area contributed by atoms with E-state index in [4.69, 9.17) is 0 Å². The van der Waals surface area contributed by atoms with Crippen LogP contribution in [0.1, 0.15) is 11.1 Å². The van der Waals surface area contributed by atoms with Crippen LogP contribution in [0.3, 0.4) is 0 Å². The summed E-state index contributed by atoms with van der Waals surface area (Å²) in [5.41, 5.74) is 1.92. The highest BCUT2D eigenvalue weighted by molar-refractivity contribution is 8.00. The minimum Gasteiger partial charge on any atom is -0.350 e. The fraction of sp³-hybridized carbons (Fsp3) is 0.263. The summed E-state index contributed by atoms with van der Waals surface area (Å²) in [5.74, 6) is -0.0943. The van der Waals surface area contributed by atoms with Crippen LogP contribution >= 0.6 is 11.8 Å². The van der Waals surface area contributed by atoms with Gasteiger partial charge in [0.2, 0.25) is 11.8 Å². The van der Waals surface area contributed by atoms with E-state index in [9.17, 15) is 14.0 Å². The third-order valence-corrected chi connectivity index (χ3v) is 5.34. The number of benzene rings is 2. The lowest BCUT2D eigenvalue weighted by molar-refractivity contribution is -0.128. The van der Waals surface area contributed by atoms with Crippen LogP contribution in [0.15, 0.2) is 54.6 Å². The third kappa shape index (κ3) is 4.82. The van der Waals surface area contributed by atoms with Gasteiger partial charge in [-0.2, -0.15) is 0 Å². The zero-order valence-corrected chi connectivity index (χ0v) is 14.4. The first-order chi connectivity index (χ1) is 12.1. The largest absolute Gasteiger partial charge is 0.350 e. The highest BCUT2D eigenvalue weighted by Gasteiger charge is 2.32. The standard InChI is InChI=1S/C19H19FN2O2S/c20-15-8-6-13(7-9-15)10-17-19(24)22-16(12-25-17)18(23)21-11-14-4-2-1-3-5-14/h1-9,16-17H,10-12H2,(H,21,23)(H,22,24). The van der Waals surface area contributed by atoms with Crippen molar-refractivity contribution in [3.63, 3.8) is 0 Å². The van der Waals surface area contributed by atoms with Crippen molar-refractivity contribution in [2.24, 2.45) is 0 Å². The lowest BCUT2D eigenvalue weighted by Crippen LogP contribution is -2.54. The fourth-order valence-corrected chi connectivity index (χ4v) is 3.82. The molecule has 2 amide bonds. The Morgan fingerprint density at radius 1 is 1.12 bits per heavy atom. The quantitative estimate of drug-likeness (QED) is 0.862. The molecular weight excluding hydrogens is 339 g/mol. The van der Waals surface area contributed by atoms with Gasteiger partial charge in [-0.25, -0.2) is 4.39 Å². The molecule has 25 heavy (non-hydrogen) atoms. The van der Waals surface area contributed by atoms with Gasteiger partial charge in [0.25, 0.3) is 0 Å². The van der Waals surface area contributed by atoms with Crippen LogP contribution in [0.25, 0.3) is 0 Å². The smallest absolute Gasteiger partial charge is 0.243 e. The van der Waals surface area contributed by atoms with Crippen LogP contribution in [0.5, 0.6) is 0 Å². The second-order valence-electron chi connectivity index (χ2n) is 5.92.